The van der Waals surface area contributed by atoms with E-state index in [1.807, 2.05) is 19.0 Å². The first-order chi connectivity index (χ1) is 9.58. The second-order valence-electron chi connectivity index (χ2n) is 7.46. The molecule has 0 heterocycles. The zero-order chi connectivity index (χ0) is 14.3. The van der Waals surface area contributed by atoms with Gasteiger partial charge in [0, 0.05) is 26.7 Å². The molecule has 0 N–H and O–H groups in total. The molecular weight excluding hydrogens is 246 g/mol. The Kier molecular flexibility index (Phi) is 3.77. The van der Waals surface area contributed by atoms with Gasteiger partial charge in [-0.25, -0.2) is 0 Å². The summed E-state index contributed by atoms with van der Waals surface area (Å²) in [4.78, 5) is 4.43. The summed E-state index contributed by atoms with van der Waals surface area (Å²) in [6.07, 6.45) is 9.46. The van der Waals surface area contributed by atoms with Gasteiger partial charge in [0.05, 0.1) is 0 Å². The molecule has 0 aromatic rings. The molecule has 4 aliphatic rings. The van der Waals surface area contributed by atoms with Crippen molar-refractivity contribution < 1.29 is 0 Å². The molecule has 3 heteroatoms. The number of nitrogens with zero attached hydrogens (tertiary/aromatic N) is 3. The van der Waals surface area contributed by atoms with Gasteiger partial charge in [-0.2, -0.15) is 5.26 Å². The van der Waals surface area contributed by atoms with Crippen molar-refractivity contribution in [3.8, 4) is 6.07 Å². The number of allylic oxidation sites excluding steroid dienone is 1. The molecule has 0 aliphatic heterocycles. The Morgan fingerprint density at radius 2 is 1.60 bits per heavy atom. The third-order valence-electron chi connectivity index (χ3n) is 5.85. The standard InChI is InChI=1S/C17H27N3/c1-19(2)16(11-18)4-5-20(3)17-14-7-12-6-13(9-14)10-15(17)8-12/h4,12-15,17H,5-10H2,1-3H3/b16-4+. The summed E-state index contributed by atoms with van der Waals surface area (Å²) in [7, 11) is 6.14. The molecule has 0 spiro atoms. The van der Waals surface area contributed by atoms with Crippen LogP contribution in [0.4, 0.5) is 0 Å². The zero-order valence-corrected chi connectivity index (χ0v) is 13.0. The molecule has 110 valence electrons. The molecule has 0 aromatic heterocycles. The van der Waals surface area contributed by atoms with E-state index in [4.69, 9.17) is 5.26 Å². The minimum atomic E-state index is 0.765. The Balaban J connectivity index is 1.66. The number of nitriles is 1. The maximum absolute atomic E-state index is 9.14. The average molecular weight is 273 g/mol. The Bertz CT molecular complexity index is 404. The third kappa shape index (κ3) is 2.46. The van der Waals surface area contributed by atoms with Gasteiger partial charge >= 0.3 is 0 Å². The zero-order valence-electron chi connectivity index (χ0n) is 13.0. The van der Waals surface area contributed by atoms with Crippen LogP contribution >= 0.6 is 0 Å². The first kappa shape index (κ1) is 13.9. The quantitative estimate of drug-likeness (QED) is 0.738. The molecule has 20 heavy (non-hydrogen) atoms. The SMILES string of the molecule is CN(C)/C(C#N)=C/CN(C)C1C2CC3CC(C2)CC1C3. The minimum Gasteiger partial charge on any atom is -0.369 e. The molecule has 0 aromatic carbocycles. The first-order valence-electron chi connectivity index (χ1n) is 8.06. The van der Waals surface area contributed by atoms with Crippen LogP contribution in [0.25, 0.3) is 0 Å². The van der Waals surface area contributed by atoms with E-state index in [0.717, 1.165) is 42.0 Å². The summed E-state index contributed by atoms with van der Waals surface area (Å²) in [5, 5.41) is 9.14. The molecule has 0 unspecified atom stereocenters. The van der Waals surface area contributed by atoms with E-state index in [2.05, 4.69) is 24.1 Å². The lowest BCUT2D eigenvalue weighted by Gasteiger charge is -2.56. The fourth-order valence-electron chi connectivity index (χ4n) is 5.30. The summed E-state index contributed by atoms with van der Waals surface area (Å²) in [6, 6.07) is 3.05. The van der Waals surface area contributed by atoms with Gasteiger partial charge in [-0.05, 0) is 68.9 Å². The maximum atomic E-state index is 9.14. The van der Waals surface area contributed by atoms with Gasteiger partial charge in [0.1, 0.15) is 11.8 Å². The van der Waals surface area contributed by atoms with Crippen molar-refractivity contribution in [2.75, 3.05) is 27.7 Å². The van der Waals surface area contributed by atoms with Gasteiger partial charge in [0.2, 0.25) is 0 Å². The highest BCUT2D eigenvalue weighted by Gasteiger charge is 2.49. The van der Waals surface area contributed by atoms with Gasteiger partial charge in [0.15, 0.2) is 0 Å². The Labute approximate surface area is 123 Å². The van der Waals surface area contributed by atoms with Crippen molar-refractivity contribution in [3.05, 3.63) is 11.8 Å². The lowest BCUT2D eigenvalue weighted by molar-refractivity contribution is -0.0542. The highest BCUT2D eigenvalue weighted by molar-refractivity contribution is 5.19. The van der Waals surface area contributed by atoms with Crippen LogP contribution in [-0.2, 0) is 0 Å². The van der Waals surface area contributed by atoms with Crippen LogP contribution in [0.2, 0.25) is 0 Å². The fourth-order valence-corrected chi connectivity index (χ4v) is 5.30. The van der Waals surface area contributed by atoms with Crippen LogP contribution in [0.15, 0.2) is 11.8 Å². The van der Waals surface area contributed by atoms with E-state index in [0.29, 0.717) is 0 Å². The van der Waals surface area contributed by atoms with E-state index in [9.17, 15) is 0 Å². The van der Waals surface area contributed by atoms with E-state index in [1.54, 1.807) is 0 Å². The van der Waals surface area contributed by atoms with E-state index in [-0.39, 0.29) is 0 Å². The summed E-state index contributed by atoms with van der Waals surface area (Å²) < 4.78 is 0. The van der Waals surface area contributed by atoms with Crippen molar-refractivity contribution >= 4 is 0 Å². The number of hydrogen-bond acceptors (Lipinski definition) is 3. The van der Waals surface area contributed by atoms with Gasteiger partial charge in [-0.3, -0.25) is 4.90 Å². The van der Waals surface area contributed by atoms with Crippen molar-refractivity contribution in [1.29, 1.82) is 5.26 Å². The molecule has 3 nitrogen and oxygen atoms in total. The van der Waals surface area contributed by atoms with E-state index >= 15 is 0 Å². The lowest BCUT2D eigenvalue weighted by Crippen LogP contribution is -2.54. The van der Waals surface area contributed by atoms with Crippen molar-refractivity contribution in [3.63, 3.8) is 0 Å². The molecule has 4 saturated carbocycles. The normalized spacial score (nSPS) is 39.1. The maximum Gasteiger partial charge on any atom is 0.117 e. The molecular formula is C17H27N3. The highest BCUT2D eigenvalue weighted by Crippen LogP contribution is 2.54. The van der Waals surface area contributed by atoms with E-state index < -0.39 is 0 Å². The van der Waals surface area contributed by atoms with Gasteiger partial charge < -0.3 is 4.90 Å². The smallest absolute Gasteiger partial charge is 0.117 e. The monoisotopic (exact) mass is 273 g/mol. The molecule has 4 fully saturated rings. The summed E-state index contributed by atoms with van der Waals surface area (Å²) in [6.45, 7) is 0.911. The van der Waals surface area contributed by atoms with Crippen LogP contribution in [0.3, 0.4) is 0 Å². The van der Waals surface area contributed by atoms with Crippen LogP contribution in [-0.4, -0.2) is 43.5 Å². The van der Waals surface area contributed by atoms with Crippen LogP contribution in [0.5, 0.6) is 0 Å². The minimum absolute atomic E-state index is 0.765. The Hall–Kier alpha value is -1.01. The number of likely N-dealkylation sites (N-methyl/N-ethyl adjacent to an activating group) is 1. The van der Waals surface area contributed by atoms with Crippen LogP contribution in [0, 0.1) is 35.0 Å². The first-order valence-corrected chi connectivity index (χ1v) is 8.06. The number of hydrogen-bond donors (Lipinski definition) is 0. The van der Waals surface area contributed by atoms with Gasteiger partial charge in [-0.15, -0.1) is 0 Å². The molecule has 0 atom stereocenters. The van der Waals surface area contributed by atoms with Crippen molar-refractivity contribution in [1.82, 2.24) is 9.80 Å². The van der Waals surface area contributed by atoms with Gasteiger partial charge in [-0.1, -0.05) is 0 Å². The second kappa shape index (κ2) is 5.41. The molecule has 4 bridgehead atoms. The summed E-state index contributed by atoms with van der Waals surface area (Å²) in [5.74, 6) is 3.92. The summed E-state index contributed by atoms with van der Waals surface area (Å²) in [5.41, 5.74) is 0.778. The number of rotatable bonds is 4. The van der Waals surface area contributed by atoms with Gasteiger partial charge in [0.25, 0.3) is 0 Å². The fraction of sp³-hybridized carbons (Fsp3) is 0.824. The van der Waals surface area contributed by atoms with Crippen molar-refractivity contribution in [2.45, 2.75) is 38.1 Å². The largest absolute Gasteiger partial charge is 0.369 e. The topological polar surface area (TPSA) is 30.3 Å². The van der Waals surface area contributed by atoms with E-state index in [1.165, 1.54) is 32.1 Å². The highest BCUT2D eigenvalue weighted by atomic mass is 15.1. The lowest BCUT2D eigenvalue weighted by atomic mass is 9.54. The Morgan fingerprint density at radius 1 is 1.05 bits per heavy atom. The molecule has 4 rings (SSSR count). The predicted molar refractivity (Wildman–Crippen MR) is 80.8 cm³/mol. The third-order valence-corrected chi connectivity index (χ3v) is 5.85. The second-order valence-corrected chi connectivity index (χ2v) is 7.46. The molecule has 0 amide bonds. The molecule has 4 aliphatic carbocycles. The summed E-state index contributed by atoms with van der Waals surface area (Å²) >= 11 is 0. The predicted octanol–water partition coefficient (Wildman–Crippen LogP) is 2.71. The molecule has 0 radical (unpaired) electrons. The average Bonchev–Trinajstić information content (AvgIpc) is 2.37. The van der Waals surface area contributed by atoms with Crippen molar-refractivity contribution in [2.24, 2.45) is 23.7 Å². The van der Waals surface area contributed by atoms with Crippen LogP contribution in [0.1, 0.15) is 32.1 Å². The molecule has 0 saturated heterocycles. The Morgan fingerprint density at radius 3 is 2.05 bits per heavy atom. The van der Waals surface area contributed by atoms with Crippen LogP contribution < -0.4 is 0 Å².